The molecular formula is C16H18O4S. The third-order valence-electron chi connectivity index (χ3n) is 3.32. The summed E-state index contributed by atoms with van der Waals surface area (Å²) in [7, 11) is -3.36. The number of fused-ring (bicyclic) bond motifs is 1. The highest BCUT2D eigenvalue weighted by atomic mass is 32.2. The quantitative estimate of drug-likeness (QED) is 0.487. The monoisotopic (exact) mass is 306 g/mol. The Kier molecular flexibility index (Phi) is 4.63. The Labute approximate surface area is 125 Å². The Morgan fingerprint density at radius 3 is 2.90 bits per heavy atom. The Bertz CT molecular complexity index is 699. The minimum Gasteiger partial charge on any atom is -0.462 e. The molecule has 0 amide bonds. The number of rotatable bonds is 4. The highest BCUT2D eigenvalue weighted by Crippen LogP contribution is 2.27. The fourth-order valence-corrected chi connectivity index (χ4v) is 3.64. The molecule has 0 spiro atoms. The van der Waals surface area contributed by atoms with E-state index < -0.39 is 15.8 Å². The number of benzene rings is 1. The van der Waals surface area contributed by atoms with Crippen molar-refractivity contribution in [2.24, 2.45) is 0 Å². The van der Waals surface area contributed by atoms with Crippen LogP contribution in [0.3, 0.4) is 0 Å². The maximum atomic E-state index is 12.2. The molecule has 0 saturated heterocycles. The Morgan fingerprint density at radius 2 is 2.19 bits per heavy atom. The molecule has 1 aromatic carbocycles. The summed E-state index contributed by atoms with van der Waals surface area (Å²) in [4.78, 5) is 12.3. The second-order valence-corrected chi connectivity index (χ2v) is 7.01. The summed E-state index contributed by atoms with van der Waals surface area (Å²) in [5, 5.41) is 0. The summed E-state index contributed by atoms with van der Waals surface area (Å²) in [6.07, 6.45) is 6.34. The van der Waals surface area contributed by atoms with Gasteiger partial charge >= 0.3 is 5.97 Å². The number of carbonyl (C=O) groups excluding carboxylic acids is 1. The lowest BCUT2D eigenvalue weighted by Gasteiger charge is -2.11. The van der Waals surface area contributed by atoms with Crippen LogP contribution >= 0.6 is 0 Å². The SMILES string of the molecule is C=CCCOC(=O)c1cc2c(cc1C)C=CCCS2(=O)=O. The molecule has 112 valence electrons. The van der Waals surface area contributed by atoms with Crippen LogP contribution in [0.25, 0.3) is 6.08 Å². The summed E-state index contributed by atoms with van der Waals surface area (Å²) in [6, 6.07) is 3.16. The van der Waals surface area contributed by atoms with E-state index in [1.54, 1.807) is 25.1 Å². The van der Waals surface area contributed by atoms with Crippen LogP contribution in [0.2, 0.25) is 0 Å². The van der Waals surface area contributed by atoms with Gasteiger partial charge < -0.3 is 4.74 Å². The Hall–Kier alpha value is -1.88. The van der Waals surface area contributed by atoms with Crippen LogP contribution in [0, 0.1) is 6.92 Å². The van der Waals surface area contributed by atoms with Crippen molar-refractivity contribution < 1.29 is 17.9 Å². The van der Waals surface area contributed by atoms with Crippen LogP contribution in [-0.4, -0.2) is 26.7 Å². The minimum atomic E-state index is -3.36. The summed E-state index contributed by atoms with van der Waals surface area (Å²) >= 11 is 0. The van der Waals surface area contributed by atoms with Crippen LogP contribution < -0.4 is 0 Å². The molecule has 21 heavy (non-hydrogen) atoms. The van der Waals surface area contributed by atoms with E-state index in [4.69, 9.17) is 4.74 Å². The first-order valence-corrected chi connectivity index (χ1v) is 8.43. The Morgan fingerprint density at radius 1 is 1.43 bits per heavy atom. The third-order valence-corrected chi connectivity index (χ3v) is 5.11. The molecule has 0 fully saturated rings. The number of hydrogen-bond acceptors (Lipinski definition) is 4. The predicted molar refractivity (Wildman–Crippen MR) is 82.0 cm³/mol. The van der Waals surface area contributed by atoms with Gasteiger partial charge in [-0.15, -0.1) is 6.58 Å². The third kappa shape index (κ3) is 3.42. The molecule has 1 heterocycles. The van der Waals surface area contributed by atoms with E-state index in [9.17, 15) is 13.2 Å². The summed E-state index contributed by atoms with van der Waals surface area (Å²) in [6.45, 7) is 5.57. The number of hydrogen-bond donors (Lipinski definition) is 0. The lowest BCUT2D eigenvalue weighted by atomic mass is 10.0. The first-order valence-electron chi connectivity index (χ1n) is 6.77. The van der Waals surface area contributed by atoms with Gasteiger partial charge in [-0.05, 0) is 43.0 Å². The Balaban J connectivity index is 2.42. The molecule has 0 aliphatic carbocycles. The van der Waals surface area contributed by atoms with Crippen LogP contribution in [0.15, 0.2) is 35.8 Å². The molecule has 5 heteroatoms. The van der Waals surface area contributed by atoms with Crippen molar-refractivity contribution >= 4 is 21.9 Å². The smallest absolute Gasteiger partial charge is 0.338 e. The van der Waals surface area contributed by atoms with Crippen molar-refractivity contribution in [1.29, 1.82) is 0 Å². The normalized spacial score (nSPS) is 15.9. The van der Waals surface area contributed by atoms with E-state index in [0.29, 0.717) is 29.5 Å². The molecule has 0 atom stereocenters. The molecule has 0 saturated carbocycles. The second kappa shape index (κ2) is 6.26. The van der Waals surface area contributed by atoms with Gasteiger partial charge in [-0.2, -0.15) is 0 Å². The summed E-state index contributed by atoms with van der Waals surface area (Å²) < 4.78 is 29.6. The van der Waals surface area contributed by atoms with Crippen molar-refractivity contribution in [3.8, 4) is 0 Å². The first-order chi connectivity index (χ1) is 9.95. The highest BCUT2D eigenvalue weighted by Gasteiger charge is 2.23. The van der Waals surface area contributed by atoms with Gasteiger partial charge in [0.2, 0.25) is 0 Å². The topological polar surface area (TPSA) is 60.4 Å². The predicted octanol–water partition coefficient (Wildman–Crippen LogP) is 2.92. The van der Waals surface area contributed by atoms with Crippen molar-refractivity contribution in [2.75, 3.05) is 12.4 Å². The van der Waals surface area contributed by atoms with Gasteiger partial charge in [0.15, 0.2) is 9.84 Å². The van der Waals surface area contributed by atoms with Gasteiger partial charge in [-0.1, -0.05) is 18.2 Å². The maximum absolute atomic E-state index is 12.2. The zero-order chi connectivity index (χ0) is 15.5. The van der Waals surface area contributed by atoms with Crippen LogP contribution in [-0.2, 0) is 14.6 Å². The van der Waals surface area contributed by atoms with Gasteiger partial charge in [0.1, 0.15) is 0 Å². The molecule has 1 aromatic rings. The number of allylic oxidation sites excluding steroid dienone is 1. The lowest BCUT2D eigenvalue weighted by molar-refractivity contribution is 0.0510. The molecule has 0 aromatic heterocycles. The number of aryl methyl sites for hydroxylation is 1. The van der Waals surface area contributed by atoms with E-state index in [1.807, 2.05) is 6.08 Å². The standard InChI is InChI=1S/C16H18O4S/c1-3-4-8-20-16(17)14-11-15-13(10-12(14)2)7-5-6-9-21(15,18)19/h3,5,7,10-11H,1,4,6,8-9H2,2H3. The zero-order valence-electron chi connectivity index (χ0n) is 12.0. The van der Waals surface area contributed by atoms with Crippen molar-refractivity contribution in [1.82, 2.24) is 0 Å². The molecular weight excluding hydrogens is 288 g/mol. The number of sulfone groups is 1. The second-order valence-electron chi connectivity index (χ2n) is 4.93. The fraction of sp³-hybridized carbons (Fsp3) is 0.312. The van der Waals surface area contributed by atoms with Crippen molar-refractivity contribution in [3.05, 3.63) is 47.6 Å². The molecule has 1 aliphatic rings. The summed E-state index contributed by atoms with van der Waals surface area (Å²) in [5.74, 6) is -0.439. The molecule has 4 nitrogen and oxygen atoms in total. The van der Waals surface area contributed by atoms with Crippen LogP contribution in [0.5, 0.6) is 0 Å². The molecule has 0 bridgehead atoms. The van der Waals surface area contributed by atoms with E-state index in [-0.39, 0.29) is 17.3 Å². The van der Waals surface area contributed by atoms with Crippen molar-refractivity contribution in [3.63, 3.8) is 0 Å². The van der Waals surface area contributed by atoms with Gasteiger partial charge in [0.05, 0.1) is 22.8 Å². The van der Waals surface area contributed by atoms with Gasteiger partial charge in [-0.25, -0.2) is 13.2 Å². The molecule has 0 radical (unpaired) electrons. The molecule has 0 unspecified atom stereocenters. The molecule has 1 aliphatic heterocycles. The van der Waals surface area contributed by atoms with Gasteiger partial charge in [0.25, 0.3) is 0 Å². The lowest BCUT2D eigenvalue weighted by Crippen LogP contribution is -2.12. The average molecular weight is 306 g/mol. The van der Waals surface area contributed by atoms with Crippen LogP contribution in [0.1, 0.15) is 34.3 Å². The van der Waals surface area contributed by atoms with Gasteiger partial charge in [0, 0.05) is 0 Å². The van der Waals surface area contributed by atoms with E-state index >= 15 is 0 Å². The van der Waals surface area contributed by atoms with Crippen LogP contribution in [0.4, 0.5) is 0 Å². The maximum Gasteiger partial charge on any atom is 0.338 e. The highest BCUT2D eigenvalue weighted by molar-refractivity contribution is 7.91. The van der Waals surface area contributed by atoms with E-state index in [2.05, 4.69) is 6.58 Å². The molecule has 0 N–H and O–H groups in total. The van der Waals surface area contributed by atoms with E-state index in [1.165, 1.54) is 6.07 Å². The number of carbonyl (C=O) groups is 1. The summed E-state index contributed by atoms with van der Waals surface area (Å²) in [5.41, 5.74) is 1.64. The average Bonchev–Trinajstić information content (AvgIpc) is 2.56. The minimum absolute atomic E-state index is 0.0600. The zero-order valence-corrected chi connectivity index (χ0v) is 12.8. The first kappa shape index (κ1) is 15.5. The van der Waals surface area contributed by atoms with Gasteiger partial charge in [-0.3, -0.25) is 0 Å². The largest absolute Gasteiger partial charge is 0.462 e. The fourth-order valence-electron chi connectivity index (χ4n) is 2.19. The number of esters is 1. The molecule has 2 rings (SSSR count). The van der Waals surface area contributed by atoms with E-state index in [0.717, 1.165) is 0 Å². The number of ether oxygens (including phenoxy) is 1. The van der Waals surface area contributed by atoms with Crippen molar-refractivity contribution in [2.45, 2.75) is 24.7 Å².